The highest BCUT2D eigenvalue weighted by atomic mass is 19.1. The summed E-state index contributed by atoms with van der Waals surface area (Å²) < 4.78 is 18.3. The van der Waals surface area contributed by atoms with Crippen molar-refractivity contribution in [3.05, 3.63) is 47.9 Å². The van der Waals surface area contributed by atoms with Crippen molar-refractivity contribution in [3.63, 3.8) is 0 Å². The Balaban J connectivity index is 2.59. The van der Waals surface area contributed by atoms with E-state index in [-0.39, 0.29) is 5.82 Å². The second kappa shape index (κ2) is 4.74. The van der Waals surface area contributed by atoms with Crippen molar-refractivity contribution in [1.82, 2.24) is 4.98 Å². The molecule has 0 amide bonds. The molecule has 0 N–H and O–H groups in total. The van der Waals surface area contributed by atoms with Gasteiger partial charge < -0.3 is 4.74 Å². The molecule has 0 aliphatic heterocycles. The standard InChI is InChI=1S/C13H10FNO2/c1-17-13-3-2-9(8-16)6-11(13)12-7-10(14)4-5-15-12/h2-8H,1H3. The average molecular weight is 231 g/mol. The van der Waals surface area contributed by atoms with Gasteiger partial charge in [-0.25, -0.2) is 4.39 Å². The summed E-state index contributed by atoms with van der Waals surface area (Å²) in [6.45, 7) is 0. The zero-order chi connectivity index (χ0) is 12.3. The van der Waals surface area contributed by atoms with Crippen molar-refractivity contribution in [2.75, 3.05) is 7.11 Å². The van der Waals surface area contributed by atoms with Gasteiger partial charge in [0.2, 0.25) is 0 Å². The molecule has 4 heteroatoms. The van der Waals surface area contributed by atoms with Crippen LogP contribution in [0.25, 0.3) is 11.3 Å². The van der Waals surface area contributed by atoms with Crippen LogP contribution in [0.15, 0.2) is 36.5 Å². The Morgan fingerprint density at radius 2 is 2.12 bits per heavy atom. The Labute approximate surface area is 97.9 Å². The van der Waals surface area contributed by atoms with Crippen LogP contribution in [0.2, 0.25) is 0 Å². The number of nitrogens with zero attached hydrogens (tertiary/aromatic N) is 1. The second-order valence-corrected chi connectivity index (χ2v) is 3.44. The third kappa shape index (κ3) is 2.30. The molecule has 17 heavy (non-hydrogen) atoms. The molecule has 0 unspecified atom stereocenters. The predicted molar refractivity (Wildman–Crippen MR) is 61.6 cm³/mol. The average Bonchev–Trinajstić information content (AvgIpc) is 2.38. The summed E-state index contributed by atoms with van der Waals surface area (Å²) in [5, 5.41) is 0. The fourth-order valence-corrected chi connectivity index (χ4v) is 1.55. The summed E-state index contributed by atoms with van der Waals surface area (Å²) in [4.78, 5) is 14.8. The maximum absolute atomic E-state index is 13.1. The largest absolute Gasteiger partial charge is 0.496 e. The van der Waals surface area contributed by atoms with Gasteiger partial charge in [-0.05, 0) is 24.3 Å². The Hall–Kier alpha value is -2.23. The highest BCUT2D eigenvalue weighted by Crippen LogP contribution is 2.29. The molecule has 0 fully saturated rings. The van der Waals surface area contributed by atoms with E-state index in [0.717, 1.165) is 6.29 Å². The Kier molecular flexibility index (Phi) is 3.14. The van der Waals surface area contributed by atoms with Crippen molar-refractivity contribution in [1.29, 1.82) is 0 Å². The van der Waals surface area contributed by atoms with Crippen molar-refractivity contribution in [2.24, 2.45) is 0 Å². The van der Waals surface area contributed by atoms with Crippen LogP contribution in [0.4, 0.5) is 4.39 Å². The number of rotatable bonds is 3. The van der Waals surface area contributed by atoms with Crippen molar-refractivity contribution >= 4 is 6.29 Å². The zero-order valence-electron chi connectivity index (χ0n) is 9.18. The van der Waals surface area contributed by atoms with Crippen LogP contribution in [0.3, 0.4) is 0 Å². The SMILES string of the molecule is COc1ccc(C=O)cc1-c1cc(F)ccn1. The molecule has 0 aliphatic carbocycles. The van der Waals surface area contributed by atoms with Gasteiger partial charge in [0.1, 0.15) is 17.9 Å². The molecular formula is C13H10FNO2. The minimum absolute atomic E-state index is 0.381. The lowest BCUT2D eigenvalue weighted by Gasteiger charge is -2.08. The number of methoxy groups -OCH3 is 1. The van der Waals surface area contributed by atoms with E-state index >= 15 is 0 Å². The summed E-state index contributed by atoms with van der Waals surface area (Å²) in [6.07, 6.45) is 2.10. The number of hydrogen-bond donors (Lipinski definition) is 0. The number of benzene rings is 1. The molecule has 0 saturated carbocycles. The number of hydrogen-bond acceptors (Lipinski definition) is 3. The molecule has 0 bridgehead atoms. The summed E-state index contributed by atoms with van der Waals surface area (Å²) >= 11 is 0. The van der Waals surface area contributed by atoms with Gasteiger partial charge in [0, 0.05) is 23.4 Å². The molecule has 0 spiro atoms. The highest BCUT2D eigenvalue weighted by molar-refractivity contribution is 5.80. The van der Waals surface area contributed by atoms with Gasteiger partial charge >= 0.3 is 0 Å². The summed E-state index contributed by atoms with van der Waals surface area (Å²) in [6, 6.07) is 7.47. The minimum Gasteiger partial charge on any atom is -0.496 e. The first kappa shape index (κ1) is 11.3. The Morgan fingerprint density at radius 1 is 1.29 bits per heavy atom. The van der Waals surface area contributed by atoms with E-state index in [0.29, 0.717) is 22.6 Å². The number of aromatic nitrogens is 1. The fraction of sp³-hybridized carbons (Fsp3) is 0.0769. The number of aldehydes is 1. The monoisotopic (exact) mass is 231 g/mol. The quantitative estimate of drug-likeness (QED) is 0.762. The number of carbonyl (C=O) groups excluding carboxylic acids is 1. The van der Waals surface area contributed by atoms with E-state index in [4.69, 9.17) is 4.74 Å². The normalized spacial score (nSPS) is 10.0. The summed E-state index contributed by atoms with van der Waals surface area (Å²) in [5.41, 5.74) is 1.52. The molecule has 86 valence electrons. The van der Waals surface area contributed by atoms with Crippen LogP contribution in [-0.2, 0) is 0 Å². The molecular weight excluding hydrogens is 221 g/mol. The number of halogens is 1. The lowest BCUT2D eigenvalue weighted by atomic mass is 10.1. The highest BCUT2D eigenvalue weighted by Gasteiger charge is 2.08. The van der Waals surface area contributed by atoms with Crippen molar-refractivity contribution in [2.45, 2.75) is 0 Å². The van der Waals surface area contributed by atoms with Gasteiger partial charge in [-0.15, -0.1) is 0 Å². The van der Waals surface area contributed by atoms with Gasteiger partial charge in [-0.1, -0.05) is 0 Å². The lowest BCUT2D eigenvalue weighted by molar-refractivity contribution is 0.112. The first-order chi connectivity index (χ1) is 8.24. The fourth-order valence-electron chi connectivity index (χ4n) is 1.55. The first-order valence-electron chi connectivity index (χ1n) is 4.99. The molecule has 0 radical (unpaired) electrons. The third-order valence-electron chi connectivity index (χ3n) is 2.36. The number of ether oxygens (including phenoxy) is 1. The summed E-state index contributed by atoms with van der Waals surface area (Å²) in [5.74, 6) is 0.169. The maximum atomic E-state index is 13.1. The molecule has 2 rings (SSSR count). The van der Waals surface area contributed by atoms with Gasteiger partial charge in [0.05, 0.1) is 12.8 Å². The van der Waals surface area contributed by atoms with E-state index in [2.05, 4.69) is 4.98 Å². The predicted octanol–water partition coefficient (Wildman–Crippen LogP) is 2.71. The first-order valence-corrected chi connectivity index (χ1v) is 4.99. The van der Waals surface area contributed by atoms with E-state index in [9.17, 15) is 9.18 Å². The van der Waals surface area contributed by atoms with Gasteiger partial charge in [-0.3, -0.25) is 9.78 Å². The van der Waals surface area contributed by atoms with E-state index in [1.54, 1.807) is 18.2 Å². The Morgan fingerprint density at radius 3 is 2.76 bits per heavy atom. The van der Waals surface area contributed by atoms with Gasteiger partial charge in [-0.2, -0.15) is 0 Å². The van der Waals surface area contributed by atoms with Gasteiger partial charge in [0.15, 0.2) is 0 Å². The van der Waals surface area contributed by atoms with Crippen LogP contribution in [-0.4, -0.2) is 18.4 Å². The molecule has 0 aliphatic rings. The minimum atomic E-state index is -0.381. The molecule has 3 nitrogen and oxygen atoms in total. The second-order valence-electron chi connectivity index (χ2n) is 3.44. The van der Waals surface area contributed by atoms with Crippen molar-refractivity contribution < 1.29 is 13.9 Å². The van der Waals surface area contributed by atoms with Crippen LogP contribution < -0.4 is 4.74 Å². The van der Waals surface area contributed by atoms with E-state index in [1.807, 2.05) is 0 Å². The zero-order valence-corrected chi connectivity index (χ0v) is 9.18. The van der Waals surface area contributed by atoms with Crippen molar-refractivity contribution in [3.8, 4) is 17.0 Å². The topological polar surface area (TPSA) is 39.2 Å². The Bertz CT molecular complexity index is 555. The summed E-state index contributed by atoms with van der Waals surface area (Å²) in [7, 11) is 1.51. The number of carbonyl (C=O) groups is 1. The smallest absolute Gasteiger partial charge is 0.150 e. The molecule has 1 aromatic carbocycles. The molecule has 1 heterocycles. The number of pyridine rings is 1. The maximum Gasteiger partial charge on any atom is 0.150 e. The third-order valence-corrected chi connectivity index (χ3v) is 2.36. The molecule has 0 saturated heterocycles. The molecule has 2 aromatic rings. The van der Waals surface area contributed by atoms with Crippen LogP contribution in [0.1, 0.15) is 10.4 Å². The molecule has 1 aromatic heterocycles. The lowest BCUT2D eigenvalue weighted by Crippen LogP contribution is -1.92. The van der Waals surface area contributed by atoms with Gasteiger partial charge in [0.25, 0.3) is 0 Å². The van der Waals surface area contributed by atoms with E-state index < -0.39 is 0 Å². The molecule has 0 atom stereocenters. The van der Waals surface area contributed by atoms with E-state index in [1.165, 1.54) is 25.4 Å². The van der Waals surface area contributed by atoms with Crippen LogP contribution >= 0.6 is 0 Å². The van der Waals surface area contributed by atoms with Crippen LogP contribution in [0, 0.1) is 5.82 Å². The van der Waals surface area contributed by atoms with Crippen LogP contribution in [0.5, 0.6) is 5.75 Å².